The highest BCUT2D eigenvalue weighted by Crippen LogP contribution is 2.37. The smallest absolute Gasteiger partial charge is 0.0686 e. The standard InChI is InChI=1S/C19H23N3O/c1-2-18-17(11-16(1)14-5-9-23-10-6-14)12-20-22(18)19-13-21-7-3-15(19)4-8-21/h1-2,5,11-12,15,19H,3-4,6-10,13H2/t19-/m0/s1. The van der Waals surface area contributed by atoms with E-state index in [9.17, 15) is 0 Å². The molecule has 3 saturated heterocycles. The average Bonchev–Trinajstić information content (AvgIpc) is 3.06. The second-order valence-electron chi connectivity index (χ2n) is 7.12. The van der Waals surface area contributed by atoms with Crippen LogP contribution in [0, 0.1) is 5.92 Å². The molecule has 0 N–H and O–H groups in total. The van der Waals surface area contributed by atoms with Gasteiger partial charge in [0.2, 0.25) is 0 Å². The maximum Gasteiger partial charge on any atom is 0.0686 e. The largest absolute Gasteiger partial charge is 0.377 e. The van der Waals surface area contributed by atoms with Gasteiger partial charge in [-0.2, -0.15) is 5.10 Å². The zero-order chi connectivity index (χ0) is 15.2. The van der Waals surface area contributed by atoms with Gasteiger partial charge in [0.25, 0.3) is 0 Å². The number of fused-ring (bicyclic) bond motifs is 4. The molecule has 1 aromatic heterocycles. The SMILES string of the molecule is C1=C(c2ccc3c(cnn3[C@H]3CN4CCC3CC4)c2)CCOC1. The third-order valence-electron chi connectivity index (χ3n) is 5.87. The average molecular weight is 309 g/mol. The molecule has 4 nitrogen and oxygen atoms in total. The first kappa shape index (κ1) is 13.8. The van der Waals surface area contributed by atoms with E-state index >= 15 is 0 Å². The van der Waals surface area contributed by atoms with Gasteiger partial charge in [0.15, 0.2) is 0 Å². The van der Waals surface area contributed by atoms with E-state index in [1.165, 1.54) is 54.5 Å². The Labute approximate surface area is 136 Å². The fourth-order valence-corrected chi connectivity index (χ4v) is 4.52. The van der Waals surface area contributed by atoms with Crippen molar-refractivity contribution in [2.24, 2.45) is 5.92 Å². The number of hydrogen-bond acceptors (Lipinski definition) is 3. The van der Waals surface area contributed by atoms with Crippen LogP contribution in [0.3, 0.4) is 0 Å². The van der Waals surface area contributed by atoms with Crippen LogP contribution in [0.25, 0.3) is 16.5 Å². The molecule has 4 aliphatic rings. The van der Waals surface area contributed by atoms with Gasteiger partial charge in [0, 0.05) is 11.9 Å². The molecule has 2 bridgehead atoms. The molecule has 0 amide bonds. The van der Waals surface area contributed by atoms with Crippen molar-refractivity contribution in [1.82, 2.24) is 14.7 Å². The maximum atomic E-state index is 5.42. The van der Waals surface area contributed by atoms with Crippen LogP contribution >= 0.6 is 0 Å². The fraction of sp³-hybridized carbons (Fsp3) is 0.526. The van der Waals surface area contributed by atoms with Crippen molar-refractivity contribution < 1.29 is 4.74 Å². The summed E-state index contributed by atoms with van der Waals surface area (Å²) in [5.41, 5.74) is 4.03. The molecule has 0 unspecified atom stereocenters. The number of hydrogen-bond donors (Lipinski definition) is 0. The summed E-state index contributed by atoms with van der Waals surface area (Å²) in [7, 11) is 0. The van der Waals surface area contributed by atoms with E-state index in [-0.39, 0.29) is 0 Å². The molecular formula is C19H23N3O. The first-order valence-corrected chi connectivity index (χ1v) is 8.85. The van der Waals surface area contributed by atoms with E-state index in [2.05, 4.69) is 40.1 Å². The second-order valence-corrected chi connectivity index (χ2v) is 7.12. The molecule has 0 aliphatic carbocycles. The van der Waals surface area contributed by atoms with Gasteiger partial charge in [0.05, 0.1) is 31.0 Å². The van der Waals surface area contributed by atoms with Crippen LogP contribution in [0.5, 0.6) is 0 Å². The van der Waals surface area contributed by atoms with E-state index in [4.69, 9.17) is 9.84 Å². The predicted molar refractivity (Wildman–Crippen MR) is 91.3 cm³/mol. The van der Waals surface area contributed by atoms with Crippen molar-refractivity contribution in [2.75, 3.05) is 32.8 Å². The van der Waals surface area contributed by atoms with Crippen LogP contribution in [-0.2, 0) is 4.74 Å². The molecule has 6 rings (SSSR count). The summed E-state index contributed by atoms with van der Waals surface area (Å²) in [5.74, 6) is 0.806. The minimum Gasteiger partial charge on any atom is -0.377 e. The fourth-order valence-electron chi connectivity index (χ4n) is 4.52. The van der Waals surface area contributed by atoms with Gasteiger partial charge in [-0.3, -0.25) is 4.68 Å². The number of benzene rings is 1. The van der Waals surface area contributed by atoms with E-state index < -0.39 is 0 Å². The summed E-state index contributed by atoms with van der Waals surface area (Å²) in [6.07, 6.45) is 7.94. The monoisotopic (exact) mass is 309 g/mol. The minimum atomic E-state index is 0.558. The first-order chi connectivity index (χ1) is 11.4. The Hall–Kier alpha value is -1.65. The topological polar surface area (TPSA) is 30.3 Å². The van der Waals surface area contributed by atoms with Gasteiger partial charge in [-0.1, -0.05) is 12.1 Å². The van der Waals surface area contributed by atoms with Crippen molar-refractivity contribution in [3.63, 3.8) is 0 Å². The molecular weight excluding hydrogens is 286 g/mol. The lowest BCUT2D eigenvalue weighted by atomic mass is 9.84. The van der Waals surface area contributed by atoms with Crippen molar-refractivity contribution >= 4 is 16.5 Å². The number of nitrogens with zero attached hydrogens (tertiary/aromatic N) is 3. The zero-order valence-corrected chi connectivity index (χ0v) is 13.4. The van der Waals surface area contributed by atoms with Gasteiger partial charge >= 0.3 is 0 Å². The van der Waals surface area contributed by atoms with Crippen molar-refractivity contribution in [3.05, 3.63) is 36.0 Å². The minimum absolute atomic E-state index is 0.558. The highest BCUT2D eigenvalue weighted by atomic mass is 16.5. The van der Waals surface area contributed by atoms with Crippen molar-refractivity contribution in [2.45, 2.75) is 25.3 Å². The van der Waals surface area contributed by atoms with E-state index in [0.717, 1.165) is 25.6 Å². The maximum absolute atomic E-state index is 5.42. The van der Waals surface area contributed by atoms with E-state index in [1.807, 2.05) is 0 Å². The summed E-state index contributed by atoms with van der Waals surface area (Å²) in [6, 6.07) is 7.39. The quantitative estimate of drug-likeness (QED) is 0.854. The summed E-state index contributed by atoms with van der Waals surface area (Å²) in [5, 5.41) is 6.04. The van der Waals surface area contributed by atoms with Crippen LogP contribution in [0.4, 0.5) is 0 Å². The van der Waals surface area contributed by atoms with Gasteiger partial charge in [-0.05, 0) is 61.5 Å². The molecule has 4 heteroatoms. The number of rotatable bonds is 2. The lowest BCUT2D eigenvalue weighted by Crippen LogP contribution is -2.48. The molecule has 120 valence electrons. The van der Waals surface area contributed by atoms with Crippen molar-refractivity contribution in [1.29, 1.82) is 0 Å². The molecule has 4 aliphatic heterocycles. The highest BCUT2D eigenvalue weighted by molar-refractivity contribution is 5.83. The van der Waals surface area contributed by atoms with Crippen LogP contribution in [0.1, 0.15) is 30.9 Å². The van der Waals surface area contributed by atoms with Crippen LogP contribution in [0.2, 0.25) is 0 Å². The molecule has 0 saturated carbocycles. The number of aromatic nitrogens is 2. The summed E-state index contributed by atoms with van der Waals surface area (Å²) in [6.45, 7) is 5.31. The molecule has 3 fully saturated rings. The summed E-state index contributed by atoms with van der Waals surface area (Å²) in [4.78, 5) is 2.60. The Kier molecular flexibility index (Phi) is 3.27. The lowest BCUT2D eigenvalue weighted by molar-refractivity contribution is 0.0534. The molecule has 2 aromatic rings. The van der Waals surface area contributed by atoms with Crippen LogP contribution in [-0.4, -0.2) is 47.5 Å². The van der Waals surface area contributed by atoms with Gasteiger partial charge in [-0.15, -0.1) is 0 Å². The molecule has 0 spiro atoms. The van der Waals surface area contributed by atoms with Gasteiger partial charge < -0.3 is 9.64 Å². The summed E-state index contributed by atoms with van der Waals surface area (Å²) < 4.78 is 7.72. The normalized spacial score (nSPS) is 30.6. The molecule has 1 atom stereocenters. The Morgan fingerprint density at radius 2 is 2.09 bits per heavy atom. The first-order valence-electron chi connectivity index (χ1n) is 8.85. The highest BCUT2D eigenvalue weighted by Gasteiger charge is 2.36. The Balaban J connectivity index is 1.51. The third-order valence-corrected chi connectivity index (χ3v) is 5.87. The van der Waals surface area contributed by atoms with E-state index in [0.29, 0.717) is 6.04 Å². The Bertz CT molecular complexity index is 755. The Morgan fingerprint density at radius 1 is 1.17 bits per heavy atom. The van der Waals surface area contributed by atoms with Crippen molar-refractivity contribution in [3.8, 4) is 0 Å². The molecule has 5 heterocycles. The molecule has 0 radical (unpaired) electrons. The number of piperidine rings is 3. The molecule has 23 heavy (non-hydrogen) atoms. The number of ether oxygens (including phenoxy) is 1. The second kappa shape index (κ2) is 5.46. The van der Waals surface area contributed by atoms with E-state index in [1.54, 1.807) is 0 Å². The third kappa shape index (κ3) is 2.32. The van der Waals surface area contributed by atoms with Gasteiger partial charge in [-0.25, -0.2) is 0 Å². The lowest BCUT2D eigenvalue weighted by Gasteiger charge is -2.44. The zero-order valence-electron chi connectivity index (χ0n) is 13.4. The molecule has 1 aromatic carbocycles. The van der Waals surface area contributed by atoms with Gasteiger partial charge in [0.1, 0.15) is 0 Å². The Morgan fingerprint density at radius 3 is 2.83 bits per heavy atom. The predicted octanol–water partition coefficient (Wildman–Crippen LogP) is 3.11. The van der Waals surface area contributed by atoms with Crippen LogP contribution < -0.4 is 0 Å². The summed E-state index contributed by atoms with van der Waals surface area (Å²) >= 11 is 0. The van der Waals surface area contributed by atoms with Crippen LogP contribution in [0.15, 0.2) is 30.5 Å².